The molecule has 0 spiro atoms. The van der Waals surface area contributed by atoms with Crippen LogP contribution < -0.4 is 20.3 Å². The van der Waals surface area contributed by atoms with Crippen LogP contribution in [0.3, 0.4) is 0 Å². The highest BCUT2D eigenvalue weighted by atomic mass is 16.5. The summed E-state index contributed by atoms with van der Waals surface area (Å²) in [6.45, 7) is 4.59. The van der Waals surface area contributed by atoms with E-state index in [4.69, 9.17) is 4.74 Å². The van der Waals surface area contributed by atoms with Crippen molar-refractivity contribution in [1.82, 2.24) is 10.2 Å². The predicted octanol–water partition coefficient (Wildman–Crippen LogP) is 2.63. The number of hydrogen-bond donors (Lipinski definition) is 2. The van der Waals surface area contributed by atoms with E-state index in [2.05, 4.69) is 39.6 Å². The fraction of sp³-hybridized carbons (Fsp3) is 0.333. The van der Waals surface area contributed by atoms with Crippen molar-refractivity contribution in [2.45, 2.75) is 6.42 Å². The number of methoxy groups -OCH3 is 1. The molecule has 1 saturated heterocycles. The van der Waals surface area contributed by atoms with Crippen molar-refractivity contribution in [1.29, 1.82) is 5.26 Å². The van der Waals surface area contributed by atoms with Crippen LogP contribution in [0.4, 0.5) is 11.4 Å². The van der Waals surface area contributed by atoms with Crippen LogP contribution in [0, 0.1) is 11.3 Å². The molecule has 162 valence electrons. The second-order valence-corrected chi connectivity index (χ2v) is 7.51. The quantitative estimate of drug-likeness (QED) is 0.506. The lowest BCUT2D eigenvalue weighted by Crippen LogP contribution is -2.44. The number of piperazine rings is 1. The van der Waals surface area contributed by atoms with E-state index in [1.165, 1.54) is 11.9 Å². The van der Waals surface area contributed by atoms with Gasteiger partial charge in [0.15, 0.2) is 0 Å². The molecule has 0 atom stereocenters. The van der Waals surface area contributed by atoms with Crippen LogP contribution in [0.15, 0.2) is 60.3 Å². The minimum absolute atomic E-state index is 0.0397. The molecule has 0 radical (unpaired) electrons. The third-order valence-corrected chi connectivity index (χ3v) is 5.34. The largest absolute Gasteiger partial charge is 0.497 e. The number of rotatable bonds is 8. The first-order chi connectivity index (χ1) is 15.1. The third-order valence-electron chi connectivity index (χ3n) is 5.34. The number of anilines is 2. The Kier molecular flexibility index (Phi) is 7.91. The maximum Gasteiger partial charge on any atom is 0.263 e. The second-order valence-electron chi connectivity index (χ2n) is 7.51. The minimum Gasteiger partial charge on any atom is -0.497 e. The van der Waals surface area contributed by atoms with Gasteiger partial charge in [-0.1, -0.05) is 12.1 Å². The number of nitrogens with one attached hydrogen (secondary N) is 2. The number of nitrogens with zero attached hydrogens (tertiary/aromatic N) is 3. The highest BCUT2D eigenvalue weighted by molar-refractivity contribution is 5.97. The molecule has 1 fully saturated rings. The summed E-state index contributed by atoms with van der Waals surface area (Å²) in [7, 11) is 3.76. The van der Waals surface area contributed by atoms with Crippen molar-refractivity contribution in [3.05, 3.63) is 65.9 Å². The third kappa shape index (κ3) is 6.49. The molecule has 0 unspecified atom stereocenters. The summed E-state index contributed by atoms with van der Waals surface area (Å²) >= 11 is 0. The zero-order chi connectivity index (χ0) is 22.1. The fourth-order valence-corrected chi connectivity index (χ4v) is 3.35. The average Bonchev–Trinajstić information content (AvgIpc) is 2.81. The number of ether oxygens (including phenoxy) is 1. The lowest BCUT2D eigenvalue weighted by atomic mass is 10.1. The van der Waals surface area contributed by atoms with Gasteiger partial charge in [-0.2, -0.15) is 5.26 Å². The van der Waals surface area contributed by atoms with E-state index in [1.54, 1.807) is 7.11 Å². The van der Waals surface area contributed by atoms with Crippen molar-refractivity contribution in [2.75, 3.05) is 57.1 Å². The topological polar surface area (TPSA) is 80.6 Å². The molecule has 7 nitrogen and oxygen atoms in total. The minimum atomic E-state index is -0.391. The number of amides is 1. The van der Waals surface area contributed by atoms with Crippen LogP contribution in [0.2, 0.25) is 0 Å². The lowest BCUT2D eigenvalue weighted by molar-refractivity contribution is -0.117. The Bertz CT molecular complexity index is 924. The molecule has 2 aromatic carbocycles. The maximum atomic E-state index is 12.3. The summed E-state index contributed by atoms with van der Waals surface area (Å²) in [5.41, 5.74) is 3.14. The van der Waals surface area contributed by atoms with E-state index in [0.717, 1.165) is 43.2 Å². The zero-order valence-electron chi connectivity index (χ0n) is 18.1. The number of nitriles is 1. The predicted molar refractivity (Wildman–Crippen MR) is 123 cm³/mol. The average molecular weight is 420 g/mol. The number of likely N-dealkylation sites (N-methyl/N-ethyl adjacent to an activating group) is 1. The number of carbonyl (C=O) groups excluding carboxylic acids is 1. The van der Waals surface area contributed by atoms with Gasteiger partial charge in [-0.25, -0.2) is 0 Å². The van der Waals surface area contributed by atoms with E-state index in [1.807, 2.05) is 42.5 Å². The van der Waals surface area contributed by atoms with Crippen LogP contribution in [-0.2, 0) is 11.2 Å². The molecule has 0 aromatic heterocycles. The molecule has 0 bridgehead atoms. The monoisotopic (exact) mass is 419 g/mol. The van der Waals surface area contributed by atoms with Gasteiger partial charge in [-0.05, 0) is 55.4 Å². The fourth-order valence-electron chi connectivity index (χ4n) is 3.35. The molecule has 31 heavy (non-hydrogen) atoms. The molecule has 0 aliphatic carbocycles. The van der Waals surface area contributed by atoms with E-state index in [-0.39, 0.29) is 5.57 Å². The summed E-state index contributed by atoms with van der Waals surface area (Å²) in [5.74, 6) is 0.405. The molecule has 2 N–H and O–H groups in total. The Morgan fingerprint density at radius 1 is 1.10 bits per heavy atom. The summed E-state index contributed by atoms with van der Waals surface area (Å²) in [6, 6.07) is 17.7. The van der Waals surface area contributed by atoms with Crippen molar-refractivity contribution < 1.29 is 9.53 Å². The molecule has 3 rings (SSSR count). The van der Waals surface area contributed by atoms with Gasteiger partial charge in [0.05, 0.1) is 7.11 Å². The number of hydrogen-bond acceptors (Lipinski definition) is 6. The van der Waals surface area contributed by atoms with E-state index < -0.39 is 5.91 Å². The highest BCUT2D eigenvalue weighted by Crippen LogP contribution is 2.19. The van der Waals surface area contributed by atoms with Crippen LogP contribution >= 0.6 is 0 Å². The first kappa shape index (κ1) is 22.2. The summed E-state index contributed by atoms with van der Waals surface area (Å²) in [6.07, 6.45) is 2.13. The van der Waals surface area contributed by atoms with Crippen LogP contribution in [0.1, 0.15) is 5.56 Å². The summed E-state index contributed by atoms with van der Waals surface area (Å²) < 4.78 is 5.14. The van der Waals surface area contributed by atoms with E-state index in [9.17, 15) is 10.1 Å². The van der Waals surface area contributed by atoms with Gasteiger partial charge in [0.25, 0.3) is 5.91 Å². The van der Waals surface area contributed by atoms with Crippen LogP contribution in [0.5, 0.6) is 5.75 Å². The lowest BCUT2D eigenvalue weighted by Gasteiger charge is -2.34. The van der Waals surface area contributed by atoms with Gasteiger partial charge in [0, 0.05) is 50.3 Å². The first-order valence-corrected chi connectivity index (χ1v) is 10.4. The Morgan fingerprint density at radius 3 is 2.39 bits per heavy atom. The summed E-state index contributed by atoms with van der Waals surface area (Å²) in [5, 5.41) is 15.2. The SMILES string of the molecule is COc1ccc(CCNC(=O)/C(C#N)=C\Nc2ccc(N3CCN(C)CC3)cc2)cc1. The van der Waals surface area contributed by atoms with E-state index >= 15 is 0 Å². The van der Waals surface area contributed by atoms with Gasteiger partial charge in [-0.15, -0.1) is 0 Å². The zero-order valence-corrected chi connectivity index (χ0v) is 18.1. The van der Waals surface area contributed by atoms with Gasteiger partial charge in [0.2, 0.25) is 0 Å². The number of benzene rings is 2. The Labute approximate surface area is 183 Å². The molecule has 7 heteroatoms. The normalized spacial score (nSPS) is 14.6. The molecular formula is C24H29N5O2. The molecule has 1 aliphatic rings. The smallest absolute Gasteiger partial charge is 0.263 e. The Balaban J connectivity index is 1.48. The van der Waals surface area contributed by atoms with Gasteiger partial charge < -0.3 is 25.2 Å². The standard InChI is InChI=1S/C24H29N5O2/c1-28-13-15-29(16-14-28)22-7-5-21(6-8-22)27-18-20(17-25)24(30)26-12-11-19-3-9-23(31-2)10-4-19/h3-10,18,27H,11-16H2,1-2H3,(H,26,30)/b20-18-. The maximum absolute atomic E-state index is 12.3. The highest BCUT2D eigenvalue weighted by Gasteiger charge is 2.14. The van der Waals surface area contributed by atoms with Crippen molar-refractivity contribution in [3.8, 4) is 11.8 Å². The van der Waals surface area contributed by atoms with Crippen molar-refractivity contribution in [2.24, 2.45) is 0 Å². The van der Waals surface area contributed by atoms with Gasteiger partial charge >= 0.3 is 0 Å². The van der Waals surface area contributed by atoms with Crippen LogP contribution in [-0.4, -0.2) is 57.7 Å². The van der Waals surface area contributed by atoms with Crippen molar-refractivity contribution in [3.63, 3.8) is 0 Å². The molecular weight excluding hydrogens is 390 g/mol. The Hall–Kier alpha value is -3.50. The molecule has 2 aromatic rings. The van der Waals surface area contributed by atoms with Gasteiger partial charge in [-0.3, -0.25) is 4.79 Å². The molecule has 1 aliphatic heterocycles. The molecule has 1 heterocycles. The number of carbonyl (C=O) groups is 1. The van der Waals surface area contributed by atoms with Gasteiger partial charge in [0.1, 0.15) is 17.4 Å². The Morgan fingerprint density at radius 2 is 1.77 bits per heavy atom. The first-order valence-electron chi connectivity index (χ1n) is 10.4. The molecule has 1 amide bonds. The molecule has 0 saturated carbocycles. The van der Waals surface area contributed by atoms with E-state index in [0.29, 0.717) is 13.0 Å². The van der Waals surface area contributed by atoms with Crippen molar-refractivity contribution >= 4 is 17.3 Å². The van der Waals surface area contributed by atoms with Crippen LogP contribution in [0.25, 0.3) is 0 Å². The second kappa shape index (κ2) is 11.0. The summed E-state index contributed by atoms with van der Waals surface area (Å²) in [4.78, 5) is 17.0.